The number of fused-ring (bicyclic) bond motifs is 1. The smallest absolute Gasteiger partial charge is 0.138 e. The number of rotatable bonds is 5. The summed E-state index contributed by atoms with van der Waals surface area (Å²) in [6.07, 6.45) is 0. The van der Waals surface area contributed by atoms with Crippen LogP contribution in [0.25, 0.3) is 22.4 Å². The molecule has 4 rings (SSSR count). The molecule has 0 bridgehead atoms. The zero-order valence-corrected chi connectivity index (χ0v) is 14.9. The van der Waals surface area contributed by atoms with Gasteiger partial charge in [-0.3, -0.25) is 0 Å². The van der Waals surface area contributed by atoms with E-state index >= 15 is 0 Å². The molecule has 1 aromatic heterocycles. The summed E-state index contributed by atoms with van der Waals surface area (Å²) in [4.78, 5) is 8.02. The zero-order chi connectivity index (χ0) is 18.6. The van der Waals surface area contributed by atoms with Crippen molar-refractivity contribution in [3.63, 3.8) is 0 Å². The summed E-state index contributed by atoms with van der Waals surface area (Å²) >= 11 is 0. The molecule has 0 saturated carbocycles. The Bertz CT molecular complexity index is 1110. The van der Waals surface area contributed by atoms with Crippen molar-refractivity contribution in [1.29, 1.82) is 5.26 Å². The molecule has 0 amide bonds. The molecule has 132 valence electrons. The normalized spacial score (nSPS) is 10.5. The maximum atomic E-state index is 9.08. The minimum Gasteiger partial charge on any atom is -0.495 e. The number of aromatic amines is 1. The molecule has 0 spiro atoms. The molecule has 4 aromatic rings. The van der Waals surface area contributed by atoms with Gasteiger partial charge < -0.3 is 15.0 Å². The van der Waals surface area contributed by atoms with Crippen molar-refractivity contribution in [2.75, 3.05) is 12.4 Å². The van der Waals surface area contributed by atoms with Crippen LogP contribution < -0.4 is 10.1 Å². The highest BCUT2D eigenvalue weighted by Crippen LogP contribution is 2.24. The fourth-order valence-electron chi connectivity index (χ4n) is 3.02. The summed E-state index contributed by atoms with van der Waals surface area (Å²) in [7, 11) is 1.57. The minimum absolute atomic E-state index is 0.523. The lowest BCUT2D eigenvalue weighted by atomic mass is 10.1. The van der Waals surface area contributed by atoms with Gasteiger partial charge in [-0.15, -0.1) is 0 Å². The molecule has 1 heterocycles. The van der Waals surface area contributed by atoms with Gasteiger partial charge in [-0.2, -0.15) is 5.26 Å². The molecule has 0 aliphatic heterocycles. The minimum atomic E-state index is 0.523. The Hall–Kier alpha value is -3.78. The van der Waals surface area contributed by atoms with Gasteiger partial charge >= 0.3 is 0 Å². The van der Waals surface area contributed by atoms with Gasteiger partial charge in [-0.25, -0.2) is 4.98 Å². The lowest BCUT2D eigenvalue weighted by Gasteiger charge is -2.10. The van der Waals surface area contributed by atoms with E-state index in [0.29, 0.717) is 17.9 Å². The Labute approximate surface area is 157 Å². The SMILES string of the molecule is COc1cc(NCc2cccc(-c3nc4ccccc4[nH]3)c2)ccc1C#N. The van der Waals surface area contributed by atoms with E-state index in [-0.39, 0.29) is 0 Å². The largest absolute Gasteiger partial charge is 0.495 e. The highest BCUT2D eigenvalue weighted by Gasteiger charge is 2.07. The number of methoxy groups -OCH3 is 1. The monoisotopic (exact) mass is 354 g/mol. The van der Waals surface area contributed by atoms with Gasteiger partial charge in [0.05, 0.1) is 23.7 Å². The number of hydrogen-bond donors (Lipinski definition) is 2. The molecule has 0 unspecified atom stereocenters. The summed E-state index contributed by atoms with van der Waals surface area (Å²) < 4.78 is 5.26. The maximum Gasteiger partial charge on any atom is 0.138 e. The Morgan fingerprint density at radius 2 is 1.96 bits per heavy atom. The van der Waals surface area contributed by atoms with Crippen molar-refractivity contribution in [2.45, 2.75) is 6.54 Å². The average Bonchev–Trinajstić information content (AvgIpc) is 3.16. The van der Waals surface area contributed by atoms with Crippen molar-refractivity contribution in [2.24, 2.45) is 0 Å². The summed E-state index contributed by atoms with van der Waals surface area (Å²) in [5.41, 5.74) is 5.59. The fraction of sp³-hybridized carbons (Fsp3) is 0.0909. The number of nitrogens with zero attached hydrogens (tertiary/aromatic N) is 2. The molecule has 0 aliphatic rings. The third-order valence-electron chi connectivity index (χ3n) is 4.41. The first kappa shape index (κ1) is 16.7. The van der Waals surface area contributed by atoms with Crippen LogP contribution in [0.3, 0.4) is 0 Å². The first-order valence-electron chi connectivity index (χ1n) is 8.63. The quantitative estimate of drug-likeness (QED) is 0.544. The number of imidazole rings is 1. The topological polar surface area (TPSA) is 73.7 Å². The third-order valence-corrected chi connectivity index (χ3v) is 4.41. The number of benzene rings is 3. The van der Waals surface area contributed by atoms with Gasteiger partial charge in [0.15, 0.2) is 0 Å². The van der Waals surface area contributed by atoms with Crippen molar-refractivity contribution < 1.29 is 4.74 Å². The van der Waals surface area contributed by atoms with Crippen LogP contribution in [-0.4, -0.2) is 17.1 Å². The lowest BCUT2D eigenvalue weighted by molar-refractivity contribution is 0.413. The van der Waals surface area contributed by atoms with Crippen molar-refractivity contribution in [1.82, 2.24) is 9.97 Å². The summed E-state index contributed by atoms with van der Waals surface area (Å²) in [5, 5.41) is 12.5. The number of nitriles is 1. The molecule has 0 fully saturated rings. The Morgan fingerprint density at radius 1 is 1.07 bits per heavy atom. The second-order valence-corrected chi connectivity index (χ2v) is 6.18. The molecule has 0 radical (unpaired) electrons. The highest BCUT2D eigenvalue weighted by molar-refractivity contribution is 5.79. The molecule has 0 saturated heterocycles. The molecule has 0 aliphatic carbocycles. The van der Waals surface area contributed by atoms with Crippen molar-refractivity contribution in [3.8, 4) is 23.2 Å². The van der Waals surface area contributed by atoms with Gasteiger partial charge in [0.1, 0.15) is 17.6 Å². The number of nitrogens with one attached hydrogen (secondary N) is 2. The third kappa shape index (κ3) is 3.46. The number of aromatic nitrogens is 2. The predicted molar refractivity (Wildman–Crippen MR) is 107 cm³/mol. The molecule has 27 heavy (non-hydrogen) atoms. The van der Waals surface area contributed by atoms with Crippen LogP contribution in [-0.2, 0) is 6.54 Å². The molecular formula is C22H18N4O. The zero-order valence-electron chi connectivity index (χ0n) is 14.9. The molecule has 5 nitrogen and oxygen atoms in total. The number of ether oxygens (including phenoxy) is 1. The molecule has 2 N–H and O–H groups in total. The van der Waals surface area contributed by atoms with E-state index in [1.165, 1.54) is 0 Å². The predicted octanol–water partition coefficient (Wildman–Crippen LogP) is 4.72. The van der Waals surface area contributed by atoms with Crippen LogP contribution in [0.15, 0.2) is 66.7 Å². The van der Waals surface area contributed by atoms with Crippen LogP contribution in [0.1, 0.15) is 11.1 Å². The van der Waals surface area contributed by atoms with Gasteiger partial charge in [0.25, 0.3) is 0 Å². The van der Waals surface area contributed by atoms with Crippen LogP contribution in [0.5, 0.6) is 5.75 Å². The molecular weight excluding hydrogens is 336 g/mol. The summed E-state index contributed by atoms with van der Waals surface area (Å²) in [6, 6.07) is 23.9. The van der Waals surface area contributed by atoms with Crippen molar-refractivity contribution in [3.05, 3.63) is 77.9 Å². The van der Waals surface area contributed by atoms with Gasteiger partial charge in [-0.05, 0) is 35.9 Å². The lowest BCUT2D eigenvalue weighted by Crippen LogP contribution is -2.00. The number of anilines is 1. The molecule has 0 atom stereocenters. The van der Waals surface area contributed by atoms with E-state index in [1.54, 1.807) is 13.2 Å². The Morgan fingerprint density at radius 3 is 2.78 bits per heavy atom. The number of H-pyrrole nitrogens is 1. The van der Waals surface area contributed by atoms with Crippen LogP contribution in [0, 0.1) is 11.3 Å². The number of hydrogen-bond acceptors (Lipinski definition) is 4. The standard InChI is InChI=1S/C22H18N4O/c1-27-21-12-18(10-9-17(21)13-23)24-14-15-5-4-6-16(11-15)22-25-19-7-2-3-8-20(19)26-22/h2-12,24H,14H2,1H3,(H,25,26). The van der Waals surface area contributed by atoms with E-state index in [9.17, 15) is 0 Å². The van der Waals surface area contributed by atoms with Gasteiger partial charge in [0.2, 0.25) is 0 Å². The molecule has 5 heteroatoms. The Balaban J connectivity index is 1.54. The summed E-state index contributed by atoms with van der Waals surface area (Å²) in [6.45, 7) is 0.656. The molecule has 3 aromatic carbocycles. The Kier molecular flexibility index (Phi) is 4.46. The van der Waals surface area contributed by atoms with Crippen LogP contribution >= 0.6 is 0 Å². The van der Waals surface area contributed by atoms with E-state index in [1.807, 2.05) is 48.5 Å². The summed E-state index contributed by atoms with van der Waals surface area (Å²) in [5.74, 6) is 1.43. The van der Waals surface area contributed by atoms with E-state index in [4.69, 9.17) is 10.00 Å². The van der Waals surface area contributed by atoms with Gasteiger partial charge in [0, 0.05) is 23.9 Å². The second-order valence-electron chi connectivity index (χ2n) is 6.18. The van der Waals surface area contributed by atoms with Gasteiger partial charge in [-0.1, -0.05) is 30.3 Å². The van der Waals surface area contributed by atoms with Crippen molar-refractivity contribution >= 4 is 16.7 Å². The first-order chi connectivity index (χ1) is 13.3. The fourth-order valence-corrected chi connectivity index (χ4v) is 3.02. The second kappa shape index (κ2) is 7.22. The number of para-hydroxylation sites is 2. The highest BCUT2D eigenvalue weighted by atomic mass is 16.5. The maximum absolute atomic E-state index is 9.08. The van der Waals surface area contributed by atoms with Crippen LogP contribution in [0.2, 0.25) is 0 Å². The van der Waals surface area contributed by atoms with E-state index in [0.717, 1.165) is 33.7 Å². The average molecular weight is 354 g/mol. The van der Waals surface area contributed by atoms with Crippen LogP contribution in [0.4, 0.5) is 5.69 Å². The van der Waals surface area contributed by atoms with E-state index < -0.39 is 0 Å². The first-order valence-corrected chi connectivity index (χ1v) is 8.63. The van der Waals surface area contributed by atoms with E-state index in [2.05, 4.69) is 33.5 Å².